The zero-order valence-corrected chi connectivity index (χ0v) is 13.5. The smallest absolute Gasteiger partial charge is 0.0675 e. The molecule has 116 valence electrons. The second kappa shape index (κ2) is 6.50. The Labute approximate surface area is 129 Å². The maximum Gasteiger partial charge on any atom is 0.0675 e. The number of rotatable bonds is 7. The fourth-order valence-corrected chi connectivity index (χ4v) is 3.89. The Kier molecular flexibility index (Phi) is 4.66. The van der Waals surface area contributed by atoms with Gasteiger partial charge in [0.1, 0.15) is 0 Å². The summed E-state index contributed by atoms with van der Waals surface area (Å²) in [5.41, 5.74) is 3.24. The first-order chi connectivity index (χ1) is 10.2. The van der Waals surface area contributed by atoms with Gasteiger partial charge in [-0.25, -0.2) is 0 Å². The summed E-state index contributed by atoms with van der Waals surface area (Å²) in [7, 11) is 0. The molecule has 0 amide bonds. The molecule has 2 nitrogen and oxygen atoms in total. The van der Waals surface area contributed by atoms with Crippen LogP contribution in [-0.4, -0.2) is 25.8 Å². The van der Waals surface area contributed by atoms with Gasteiger partial charge in [0.25, 0.3) is 0 Å². The minimum atomic E-state index is 0.308. The van der Waals surface area contributed by atoms with Crippen molar-refractivity contribution in [3.05, 3.63) is 35.4 Å². The van der Waals surface area contributed by atoms with Crippen LogP contribution in [0, 0.1) is 18.3 Å². The lowest BCUT2D eigenvalue weighted by atomic mass is 9.73. The van der Waals surface area contributed by atoms with Gasteiger partial charge >= 0.3 is 0 Å². The third-order valence-corrected chi connectivity index (χ3v) is 5.26. The van der Waals surface area contributed by atoms with Crippen LogP contribution < -0.4 is 5.32 Å². The molecule has 21 heavy (non-hydrogen) atoms. The molecule has 2 unspecified atom stereocenters. The normalized spacial score (nSPS) is 29.0. The van der Waals surface area contributed by atoms with Crippen molar-refractivity contribution in [1.82, 2.24) is 5.32 Å². The van der Waals surface area contributed by atoms with Crippen molar-refractivity contribution in [3.8, 4) is 0 Å². The number of hydrogen-bond acceptors (Lipinski definition) is 2. The first kappa shape index (κ1) is 15.1. The molecule has 2 heteroatoms. The van der Waals surface area contributed by atoms with Gasteiger partial charge in [-0.05, 0) is 62.6 Å². The van der Waals surface area contributed by atoms with Crippen LogP contribution >= 0.6 is 0 Å². The summed E-state index contributed by atoms with van der Waals surface area (Å²) in [6.07, 6.45) is 6.79. The number of benzene rings is 1. The maximum atomic E-state index is 6.20. The monoisotopic (exact) mass is 287 g/mol. The topological polar surface area (TPSA) is 21.3 Å². The molecule has 1 N–H and O–H groups in total. The quantitative estimate of drug-likeness (QED) is 0.772. The Bertz CT molecular complexity index is 468. The predicted octanol–water partition coefficient (Wildman–Crippen LogP) is 3.72. The summed E-state index contributed by atoms with van der Waals surface area (Å²) in [5.74, 6) is 0.819. The average molecular weight is 287 g/mol. The zero-order valence-electron chi connectivity index (χ0n) is 13.5. The van der Waals surface area contributed by atoms with Gasteiger partial charge in [-0.3, -0.25) is 0 Å². The van der Waals surface area contributed by atoms with E-state index in [2.05, 4.69) is 43.4 Å². The van der Waals surface area contributed by atoms with Crippen LogP contribution in [0.3, 0.4) is 0 Å². The van der Waals surface area contributed by atoms with Crippen molar-refractivity contribution in [3.63, 3.8) is 0 Å². The van der Waals surface area contributed by atoms with Gasteiger partial charge in [-0.1, -0.05) is 31.2 Å². The van der Waals surface area contributed by atoms with E-state index in [-0.39, 0.29) is 0 Å². The molecule has 0 bridgehead atoms. The van der Waals surface area contributed by atoms with Crippen LogP contribution in [0.5, 0.6) is 0 Å². The fourth-order valence-electron chi connectivity index (χ4n) is 3.89. The van der Waals surface area contributed by atoms with Crippen molar-refractivity contribution < 1.29 is 4.74 Å². The highest BCUT2D eigenvalue weighted by molar-refractivity contribution is 5.27. The largest absolute Gasteiger partial charge is 0.377 e. The van der Waals surface area contributed by atoms with Crippen LogP contribution in [0.2, 0.25) is 0 Å². The predicted molar refractivity (Wildman–Crippen MR) is 87.6 cm³/mol. The van der Waals surface area contributed by atoms with E-state index in [4.69, 9.17) is 4.74 Å². The number of hydrogen-bond donors (Lipinski definition) is 1. The molecule has 1 heterocycles. The van der Waals surface area contributed by atoms with E-state index in [0.717, 1.165) is 32.0 Å². The third-order valence-electron chi connectivity index (χ3n) is 5.26. The molecule has 0 radical (unpaired) electrons. The minimum Gasteiger partial charge on any atom is -0.377 e. The SMILES string of the molecule is CCCNCC1(Cc2ccccc2C)CCOC1C1CC1. The van der Waals surface area contributed by atoms with Crippen LogP contribution in [0.1, 0.15) is 43.7 Å². The first-order valence-electron chi connectivity index (χ1n) is 8.62. The highest BCUT2D eigenvalue weighted by atomic mass is 16.5. The van der Waals surface area contributed by atoms with E-state index in [9.17, 15) is 0 Å². The average Bonchev–Trinajstić information content (AvgIpc) is 3.24. The minimum absolute atomic E-state index is 0.308. The molecule has 1 aliphatic heterocycles. The van der Waals surface area contributed by atoms with Crippen molar-refractivity contribution in [2.75, 3.05) is 19.7 Å². The number of aryl methyl sites for hydroxylation is 1. The van der Waals surface area contributed by atoms with Gasteiger partial charge in [0.05, 0.1) is 6.10 Å². The van der Waals surface area contributed by atoms with Crippen LogP contribution in [0.25, 0.3) is 0 Å². The van der Waals surface area contributed by atoms with E-state index in [0.29, 0.717) is 11.5 Å². The van der Waals surface area contributed by atoms with Gasteiger partial charge in [0, 0.05) is 18.6 Å². The van der Waals surface area contributed by atoms with Gasteiger partial charge in [0.15, 0.2) is 0 Å². The molecule has 1 aliphatic carbocycles. The molecule has 0 spiro atoms. The summed E-state index contributed by atoms with van der Waals surface area (Å²) in [6, 6.07) is 8.87. The van der Waals surface area contributed by atoms with Crippen molar-refractivity contribution in [2.45, 2.75) is 52.1 Å². The van der Waals surface area contributed by atoms with Crippen molar-refractivity contribution >= 4 is 0 Å². The molecule has 1 saturated heterocycles. The molecule has 1 aromatic carbocycles. The Balaban J connectivity index is 1.79. The lowest BCUT2D eigenvalue weighted by molar-refractivity contribution is 0.0306. The van der Waals surface area contributed by atoms with Crippen molar-refractivity contribution in [1.29, 1.82) is 0 Å². The fraction of sp³-hybridized carbons (Fsp3) is 0.684. The number of ether oxygens (including phenoxy) is 1. The zero-order chi connectivity index (χ0) is 14.7. The van der Waals surface area contributed by atoms with E-state index in [1.807, 2.05) is 0 Å². The molecule has 1 aromatic rings. The highest BCUT2D eigenvalue weighted by Gasteiger charge is 2.50. The van der Waals surface area contributed by atoms with E-state index >= 15 is 0 Å². The molecular weight excluding hydrogens is 258 g/mol. The number of nitrogens with one attached hydrogen (secondary N) is 1. The second-order valence-electron chi connectivity index (χ2n) is 7.02. The van der Waals surface area contributed by atoms with Gasteiger partial charge in [0.2, 0.25) is 0 Å². The van der Waals surface area contributed by atoms with Crippen LogP contribution in [-0.2, 0) is 11.2 Å². The molecule has 1 saturated carbocycles. The van der Waals surface area contributed by atoms with Gasteiger partial charge in [-0.2, -0.15) is 0 Å². The molecule has 3 rings (SSSR count). The van der Waals surface area contributed by atoms with Gasteiger partial charge in [-0.15, -0.1) is 0 Å². The van der Waals surface area contributed by atoms with E-state index < -0.39 is 0 Å². The van der Waals surface area contributed by atoms with Gasteiger partial charge < -0.3 is 10.1 Å². The molecular formula is C19H29NO. The summed E-state index contributed by atoms with van der Waals surface area (Å²) >= 11 is 0. The third kappa shape index (κ3) is 3.32. The van der Waals surface area contributed by atoms with E-state index in [1.165, 1.54) is 36.8 Å². The summed E-state index contributed by atoms with van der Waals surface area (Å²) in [5, 5.41) is 3.69. The Hall–Kier alpha value is -0.860. The molecule has 0 aromatic heterocycles. The highest BCUT2D eigenvalue weighted by Crippen LogP contribution is 2.49. The Morgan fingerprint density at radius 1 is 1.29 bits per heavy atom. The summed E-state index contributed by atoms with van der Waals surface area (Å²) < 4.78 is 6.20. The first-order valence-corrected chi connectivity index (χ1v) is 8.62. The van der Waals surface area contributed by atoms with Crippen LogP contribution in [0.4, 0.5) is 0 Å². The van der Waals surface area contributed by atoms with Crippen molar-refractivity contribution in [2.24, 2.45) is 11.3 Å². The van der Waals surface area contributed by atoms with E-state index in [1.54, 1.807) is 0 Å². The van der Waals surface area contributed by atoms with Crippen LogP contribution in [0.15, 0.2) is 24.3 Å². The maximum absolute atomic E-state index is 6.20. The summed E-state index contributed by atoms with van der Waals surface area (Å²) in [6.45, 7) is 7.65. The molecule has 2 atom stereocenters. The lowest BCUT2D eigenvalue weighted by Gasteiger charge is -2.35. The lowest BCUT2D eigenvalue weighted by Crippen LogP contribution is -2.44. The Morgan fingerprint density at radius 2 is 2.10 bits per heavy atom. The Morgan fingerprint density at radius 3 is 2.81 bits per heavy atom. The molecule has 2 fully saturated rings. The standard InChI is InChI=1S/C19H29NO/c1-3-11-20-14-19(10-12-21-18(19)16-8-9-16)13-17-7-5-4-6-15(17)2/h4-7,16,18,20H,3,8-14H2,1-2H3. The summed E-state index contributed by atoms with van der Waals surface area (Å²) in [4.78, 5) is 0. The molecule has 2 aliphatic rings. The second-order valence-corrected chi connectivity index (χ2v) is 7.02.